The van der Waals surface area contributed by atoms with Crippen molar-refractivity contribution < 1.29 is 19.7 Å². The maximum absolute atomic E-state index is 11.3. The molecule has 96 valence electrons. The van der Waals surface area contributed by atoms with Gasteiger partial charge in [0.2, 0.25) is 0 Å². The first-order valence-corrected chi connectivity index (χ1v) is 5.33. The summed E-state index contributed by atoms with van der Waals surface area (Å²) in [7, 11) is 0. The number of rotatable bonds is 4. The van der Waals surface area contributed by atoms with Gasteiger partial charge in [0.05, 0.1) is 18.2 Å². The lowest BCUT2D eigenvalue weighted by Crippen LogP contribution is -2.30. The van der Waals surface area contributed by atoms with Gasteiger partial charge in [-0.05, 0) is 25.1 Å². The van der Waals surface area contributed by atoms with Crippen LogP contribution < -0.4 is 5.73 Å². The second-order valence-electron chi connectivity index (χ2n) is 3.60. The number of anilines is 1. The molecule has 0 aliphatic heterocycles. The minimum atomic E-state index is -1.75. The SMILES string of the molecule is CCOC(=O)C(O)C(O)c1cc(N)ccc1C#N. The van der Waals surface area contributed by atoms with E-state index in [-0.39, 0.29) is 17.7 Å². The summed E-state index contributed by atoms with van der Waals surface area (Å²) in [6, 6.07) is 6.09. The normalized spacial score (nSPS) is 13.4. The van der Waals surface area contributed by atoms with Crippen LogP contribution in [0.4, 0.5) is 5.69 Å². The maximum Gasteiger partial charge on any atom is 0.338 e. The van der Waals surface area contributed by atoms with E-state index in [0.717, 1.165) is 0 Å². The van der Waals surface area contributed by atoms with Crippen molar-refractivity contribution >= 4 is 11.7 Å². The molecule has 6 nitrogen and oxygen atoms in total. The summed E-state index contributed by atoms with van der Waals surface area (Å²) in [5.74, 6) is -0.948. The van der Waals surface area contributed by atoms with Crippen molar-refractivity contribution in [3.8, 4) is 6.07 Å². The topological polar surface area (TPSA) is 117 Å². The zero-order valence-corrected chi connectivity index (χ0v) is 9.83. The highest BCUT2D eigenvalue weighted by Crippen LogP contribution is 2.23. The quantitative estimate of drug-likeness (QED) is 0.515. The molecule has 4 N–H and O–H groups in total. The number of carbonyl (C=O) groups is 1. The summed E-state index contributed by atoms with van der Waals surface area (Å²) in [6.07, 6.45) is -3.30. The smallest absolute Gasteiger partial charge is 0.338 e. The lowest BCUT2D eigenvalue weighted by atomic mass is 9.98. The molecular formula is C12H14N2O4. The highest BCUT2D eigenvalue weighted by atomic mass is 16.5. The van der Waals surface area contributed by atoms with Crippen LogP contribution in [0.1, 0.15) is 24.2 Å². The monoisotopic (exact) mass is 250 g/mol. The van der Waals surface area contributed by atoms with E-state index in [9.17, 15) is 15.0 Å². The molecule has 0 aliphatic carbocycles. The Hall–Kier alpha value is -2.10. The van der Waals surface area contributed by atoms with Gasteiger partial charge in [-0.15, -0.1) is 0 Å². The molecule has 2 atom stereocenters. The third-order valence-corrected chi connectivity index (χ3v) is 2.34. The van der Waals surface area contributed by atoms with Crippen LogP contribution in [-0.2, 0) is 9.53 Å². The van der Waals surface area contributed by atoms with Gasteiger partial charge in [0.15, 0.2) is 6.10 Å². The molecule has 1 aromatic rings. The molecule has 0 radical (unpaired) electrons. The molecule has 0 heterocycles. The van der Waals surface area contributed by atoms with Gasteiger partial charge >= 0.3 is 5.97 Å². The Bertz CT molecular complexity index is 481. The average Bonchev–Trinajstić information content (AvgIpc) is 2.37. The molecule has 0 aromatic heterocycles. The van der Waals surface area contributed by atoms with Crippen molar-refractivity contribution in [2.24, 2.45) is 0 Å². The fourth-order valence-corrected chi connectivity index (χ4v) is 1.45. The number of nitrogen functional groups attached to an aromatic ring is 1. The van der Waals surface area contributed by atoms with Crippen LogP contribution >= 0.6 is 0 Å². The standard InChI is InChI=1S/C12H14N2O4/c1-2-18-12(17)11(16)10(15)9-5-8(14)4-3-7(9)6-13/h3-5,10-11,15-16H,2,14H2,1H3. The Balaban J connectivity index is 3.03. The van der Waals surface area contributed by atoms with E-state index in [1.165, 1.54) is 18.2 Å². The summed E-state index contributed by atoms with van der Waals surface area (Å²) >= 11 is 0. The van der Waals surface area contributed by atoms with E-state index >= 15 is 0 Å². The third kappa shape index (κ3) is 2.97. The molecule has 18 heavy (non-hydrogen) atoms. The van der Waals surface area contributed by atoms with Crippen LogP contribution in [0.15, 0.2) is 18.2 Å². The first-order valence-electron chi connectivity index (χ1n) is 5.33. The number of nitrogens with two attached hydrogens (primary N) is 1. The van der Waals surface area contributed by atoms with Crippen molar-refractivity contribution in [1.29, 1.82) is 5.26 Å². The number of hydrogen-bond acceptors (Lipinski definition) is 6. The minimum Gasteiger partial charge on any atom is -0.464 e. The van der Waals surface area contributed by atoms with Crippen LogP contribution in [0.3, 0.4) is 0 Å². The largest absolute Gasteiger partial charge is 0.464 e. The third-order valence-electron chi connectivity index (χ3n) is 2.34. The molecular weight excluding hydrogens is 236 g/mol. The Morgan fingerprint density at radius 3 is 2.78 bits per heavy atom. The number of carbonyl (C=O) groups excluding carboxylic acids is 1. The predicted molar refractivity (Wildman–Crippen MR) is 63.2 cm³/mol. The highest BCUT2D eigenvalue weighted by molar-refractivity contribution is 5.75. The fourth-order valence-electron chi connectivity index (χ4n) is 1.45. The summed E-state index contributed by atoms with van der Waals surface area (Å²) < 4.78 is 4.59. The van der Waals surface area contributed by atoms with Gasteiger partial charge in [-0.25, -0.2) is 4.79 Å². The highest BCUT2D eigenvalue weighted by Gasteiger charge is 2.28. The number of ether oxygens (including phenoxy) is 1. The molecule has 2 unspecified atom stereocenters. The molecule has 0 bridgehead atoms. The van der Waals surface area contributed by atoms with E-state index in [1.54, 1.807) is 6.92 Å². The molecule has 0 saturated carbocycles. The van der Waals surface area contributed by atoms with Gasteiger partial charge in [0.25, 0.3) is 0 Å². The number of nitriles is 1. The van der Waals surface area contributed by atoms with E-state index in [4.69, 9.17) is 11.0 Å². The van der Waals surface area contributed by atoms with Gasteiger partial charge < -0.3 is 20.7 Å². The van der Waals surface area contributed by atoms with Crippen LogP contribution in [0.2, 0.25) is 0 Å². The van der Waals surface area contributed by atoms with E-state index < -0.39 is 18.2 Å². The van der Waals surface area contributed by atoms with Gasteiger partial charge in [-0.2, -0.15) is 5.26 Å². The number of esters is 1. The summed E-state index contributed by atoms with van der Waals surface area (Å²) in [5.41, 5.74) is 6.09. The Kier molecular flexibility index (Phi) is 4.66. The number of aliphatic hydroxyl groups excluding tert-OH is 2. The molecule has 0 saturated heterocycles. The first-order chi connectivity index (χ1) is 8.51. The first kappa shape index (κ1) is 14.0. The summed E-state index contributed by atoms with van der Waals surface area (Å²) in [4.78, 5) is 11.3. The van der Waals surface area contributed by atoms with Crippen molar-refractivity contribution in [3.05, 3.63) is 29.3 Å². The fraction of sp³-hybridized carbons (Fsp3) is 0.333. The number of benzene rings is 1. The molecule has 6 heteroatoms. The van der Waals surface area contributed by atoms with Crippen molar-refractivity contribution in [2.45, 2.75) is 19.1 Å². The lowest BCUT2D eigenvalue weighted by Gasteiger charge is -2.18. The molecule has 0 spiro atoms. The molecule has 0 aliphatic rings. The minimum absolute atomic E-state index is 0.0879. The van der Waals surface area contributed by atoms with E-state index in [1.807, 2.05) is 6.07 Å². The van der Waals surface area contributed by atoms with Gasteiger partial charge in [-0.1, -0.05) is 0 Å². The zero-order chi connectivity index (χ0) is 13.7. The lowest BCUT2D eigenvalue weighted by molar-refractivity contribution is -0.159. The molecule has 1 rings (SSSR count). The van der Waals surface area contributed by atoms with Crippen molar-refractivity contribution in [1.82, 2.24) is 0 Å². The number of aliphatic hydroxyl groups is 2. The summed E-state index contributed by atoms with van der Waals surface area (Å²) in [6.45, 7) is 1.67. The maximum atomic E-state index is 11.3. The van der Waals surface area contributed by atoms with Gasteiger partial charge in [-0.3, -0.25) is 0 Å². The van der Waals surface area contributed by atoms with Crippen molar-refractivity contribution in [3.63, 3.8) is 0 Å². The molecule has 0 amide bonds. The average molecular weight is 250 g/mol. The second kappa shape index (κ2) is 6.00. The Morgan fingerprint density at radius 2 is 2.22 bits per heavy atom. The molecule has 1 aromatic carbocycles. The van der Waals surface area contributed by atoms with Crippen molar-refractivity contribution in [2.75, 3.05) is 12.3 Å². The number of hydrogen-bond donors (Lipinski definition) is 3. The number of nitrogens with zero attached hydrogens (tertiary/aromatic N) is 1. The van der Waals surface area contributed by atoms with Gasteiger partial charge in [0, 0.05) is 11.3 Å². The second-order valence-corrected chi connectivity index (χ2v) is 3.60. The summed E-state index contributed by atoms with van der Waals surface area (Å²) in [5, 5.41) is 28.4. The van der Waals surface area contributed by atoms with Gasteiger partial charge in [0.1, 0.15) is 6.10 Å². The van der Waals surface area contributed by atoms with Crippen LogP contribution in [-0.4, -0.2) is 28.9 Å². The Labute approximate surface area is 104 Å². The zero-order valence-electron chi connectivity index (χ0n) is 9.83. The van der Waals surface area contributed by atoms with Crippen LogP contribution in [0, 0.1) is 11.3 Å². The van der Waals surface area contributed by atoms with Crippen LogP contribution in [0.25, 0.3) is 0 Å². The van der Waals surface area contributed by atoms with Crippen LogP contribution in [0.5, 0.6) is 0 Å². The van der Waals surface area contributed by atoms with E-state index in [2.05, 4.69) is 4.74 Å². The Morgan fingerprint density at radius 1 is 1.56 bits per heavy atom. The molecule has 0 fully saturated rings. The van der Waals surface area contributed by atoms with E-state index in [0.29, 0.717) is 5.69 Å². The predicted octanol–water partition coefficient (Wildman–Crippen LogP) is 0.0979.